The molecule has 1 fully saturated rings. The summed E-state index contributed by atoms with van der Waals surface area (Å²) in [5, 5.41) is 0. The molecule has 1 saturated heterocycles. The second-order valence-electron chi connectivity index (χ2n) is 6.32. The van der Waals surface area contributed by atoms with Crippen LogP contribution in [0.5, 0.6) is 0 Å². The van der Waals surface area contributed by atoms with Crippen molar-refractivity contribution in [2.45, 2.75) is 38.1 Å². The zero-order valence-electron chi connectivity index (χ0n) is 13.7. The van der Waals surface area contributed by atoms with Gasteiger partial charge in [0.1, 0.15) is 0 Å². The van der Waals surface area contributed by atoms with Crippen LogP contribution in [0.25, 0.3) is 0 Å². The van der Waals surface area contributed by atoms with Crippen molar-refractivity contribution in [1.82, 2.24) is 0 Å². The Hall–Kier alpha value is -2.04. The predicted octanol–water partition coefficient (Wildman–Crippen LogP) is 2.32. The van der Waals surface area contributed by atoms with Crippen LogP contribution in [0.2, 0.25) is 0 Å². The van der Waals surface area contributed by atoms with Crippen LogP contribution < -0.4 is 4.90 Å². The molecule has 3 rings (SSSR count). The molecule has 23 heavy (non-hydrogen) atoms. The van der Waals surface area contributed by atoms with E-state index in [0.717, 1.165) is 43.5 Å². The summed E-state index contributed by atoms with van der Waals surface area (Å²) < 4.78 is 10.1. The van der Waals surface area contributed by atoms with Gasteiger partial charge in [0.25, 0.3) is 0 Å². The summed E-state index contributed by atoms with van der Waals surface area (Å²) in [4.78, 5) is 27.7. The van der Waals surface area contributed by atoms with Crippen LogP contribution >= 0.6 is 0 Å². The molecule has 2 aliphatic heterocycles. The fourth-order valence-electron chi connectivity index (χ4n) is 4.13. The van der Waals surface area contributed by atoms with Crippen molar-refractivity contribution in [3.63, 3.8) is 0 Å². The number of benzene rings is 1. The van der Waals surface area contributed by atoms with Gasteiger partial charge in [0.15, 0.2) is 5.41 Å². The molecule has 0 aromatic heterocycles. The van der Waals surface area contributed by atoms with Gasteiger partial charge in [-0.05, 0) is 24.5 Å². The van der Waals surface area contributed by atoms with Crippen LogP contribution in [-0.2, 0) is 25.5 Å². The minimum Gasteiger partial charge on any atom is -0.468 e. The van der Waals surface area contributed by atoms with Gasteiger partial charge < -0.3 is 14.4 Å². The Morgan fingerprint density at radius 2 is 1.78 bits per heavy atom. The highest BCUT2D eigenvalue weighted by Crippen LogP contribution is 2.46. The second kappa shape index (κ2) is 6.22. The Morgan fingerprint density at radius 1 is 1.09 bits per heavy atom. The molecule has 0 aliphatic carbocycles. The maximum absolute atomic E-state index is 12.7. The molecule has 1 atom stereocenters. The number of carbonyl (C=O) groups excluding carboxylic acids is 2. The maximum Gasteiger partial charge on any atom is 0.325 e. The summed E-state index contributed by atoms with van der Waals surface area (Å²) in [7, 11) is 2.68. The Balaban J connectivity index is 2.18. The maximum atomic E-state index is 12.7. The topological polar surface area (TPSA) is 55.8 Å². The summed E-state index contributed by atoms with van der Waals surface area (Å²) in [6.07, 6.45) is 4.29. The summed E-state index contributed by atoms with van der Waals surface area (Å²) in [6, 6.07) is 7.80. The molecule has 2 heterocycles. The van der Waals surface area contributed by atoms with Gasteiger partial charge in [-0.1, -0.05) is 31.0 Å². The molecule has 2 aliphatic rings. The van der Waals surface area contributed by atoms with Gasteiger partial charge >= 0.3 is 11.9 Å². The van der Waals surface area contributed by atoms with Gasteiger partial charge in [-0.2, -0.15) is 0 Å². The van der Waals surface area contributed by atoms with Crippen LogP contribution in [0.15, 0.2) is 24.3 Å². The fraction of sp³-hybridized carbons (Fsp3) is 0.556. The lowest BCUT2D eigenvalue weighted by Crippen LogP contribution is -2.61. The average molecular weight is 317 g/mol. The van der Waals surface area contributed by atoms with Crippen LogP contribution in [0.4, 0.5) is 5.69 Å². The van der Waals surface area contributed by atoms with Crippen LogP contribution in [0, 0.1) is 5.41 Å². The number of rotatable bonds is 2. The van der Waals surface area contributed by atoms with Crippen molar-refractivity contribution in [2.75, 3.05) is 25.7 Å². The van der Waals surface area contributed by atoms with Gasteiger partial charge in [-0.3, -0.25) is 9.59 Å². The van der Waals surface area contributed by atoms with Gasteiger partial charge in [0, 0.05) is 18.7 Å². The van der Waals surface area contributed by atoms with E-state index >= 15 is 0 Å². The molecule has 5 heteroatoms. The minimum atomic E-state index is -1.28. The number of ether oxygens (including phenoxy) is 2. The van der Waals surface area contributed by atoms with E-state index in [1.54, 1.807) is 0 Å². The first-order valence-electron chi connectivity index (χ1n) is 8.16. The summed E-state index contributed by atoms with van der Waals surface area (Å²) in [5.41, 5.74) is 0.853. The highest BCUT2D eigenvalue weighted by molar-refractivity contribution is 6.02. The number of nitrogens with zero attached hydrogens (tertiary/aromatic N) is 1. The predicted molar refractivity (Wildman–Crippen MR) is 86.2 cm³/mol. The van der Waals surface area contributed by atoms with Crippen molar-refractivity contribution in [2.24, 2.45) is 5.41 Å². The van der Waals surface area contributed by atoms with E-state index in [1.165, 1.54) is 14.2 Å². The molecule has 1 unspecified atom stereocenters. The molecule has 0 N–H and O–H groups in total. The lowest BCUT2D eigenvalue weighted by Gasteiger charge is -2.47. The van der Waals surface area contributed by atoms with Crippen LogP contribution in [0.3, 0.4) is 0 Å². The molecule has 0 radical (unpaired) electrons. The molecule has 0 spiro atoms. The number of hydrogen-bond acceptors (Lipinski definition) is 5. The van der Waals surface area contributed by atoms with Gasteiger partial charge in [0.2, 0.25) is 0 Å². The van der Waals surface area contributed by atoms with E-state index in [0.29, 0.717) is 6.42 Å². The Labute approximate surface area is 136 Å². The molecular formula is C18H23NO4. The third-order valence-corrected chi connectivity index (χ3v) is 5.19. The normalized spacial score (nSPS) is 22.3. The SMILES string of the molecule is COC(=O)C1(C(=O)OC)Cc2ccccc2N2CCCCCC21. The third kappa shape index (κ3) is 2.38. The molecular weight excluding hydrogens is 294 g/mol. The number of fused-ring (bicyclic) bond motifs is 3. The average Bonchev–Trinajstić information content (AvgIpc) is 2.86. The highest BCUT2D eigenvalue weighted by atomic mass is 16.5. The first-order chi connectivity index (χ1) is 11.1. The molecule has 124 valence electrons. The number of para-hydroxylation sites is 1. The van der Waals surface area contributed by atoms with Gasteiger partial charge in [-0.15, -0.1) is 0 Å². The Bertz CT molecular complexity index is 597. The van der Waals surface area contributed by atoms with E-state index in [9.17, 15) is 9.59 Å². The second-order valence-corrected chi connectivity index (χ2v) is 6.32. The Kier molecular flexibility index (Phi) is 4.28. The van der Waals surface area contributed by atoms with E-state index in [2.05, 4.69) is 11.0 Å². The van der Waals surface area contributed by atoms with E-state index in [4.69, 9.17) is 9.47 Å². The van der Waals surface area contributed by atoms with E-state index < -0.39 is 17.4 Å². The molecule has 0 bridgehead atoms. The standard InChI is InChI=1S/C18H23NO4/c1-22-16(20)18(17(21)23-2)12-13-8-5-6-9-14(13)19-11-7-3-4-10-15(18)19/h5-6,8-9,15H,3-4,7,10-12H2,1-2H3. The highest BCUT2D eigenvalue weighted by Gasteiger charge is 2.59. The van der Waals surface area contributed by atoms with Crippen molar-refractivity contribution < 1.29 is 19.1 Å². The quantitative estimate of drug-likeness (QED) is 0.619. The van der Waals surface area contributed by atoms with Crippen molar-refractivity contribution in [1.29, 1.82) is 0 Å². The summed E-state index contributed by atoms with van der Waals surface area (Å²) in [5.74, 6) is -0.980. The first-order valence-corrected chi connectivity index (χ1v) is 8.16. The molecule has 0 saturated carbocycles. The smallest absolute Gasteiger partial charge is 0.325 e. The van der Waals surface area contributed by atoms with Crippen LogP contribution in [0.1, 0.15) is 31.2 Å². The molecule has 1 aromatic rings. The van der Waals surface area contributed by atoms with Gasteiger partial charge in [0.05, 0.1) is 20.3 Å². The molecule has 0 amide bonds. The minimum absolute atomic E-state index is 0.209. The van der Waals surface area contributed by atoms with E-state index in [1.807, 2.05) is 18.2 Å². The zero-order chi connectivity index (χ0) is 16.4. The van der Waals surface area contributed by atoms with E-state index in [-0.39, 0.29) is 6.04 Å². The van der Waals surface area contributed by atoms with Crippen molar-refractivity contribution >= 4 is 17.6 Å². The third-order valence-electron chi connectivity index (χ3n) is 5.19. The first kappa shape index (κ1) is 15.8. The summed E-state index contributed by atoms with van der Waals surface area (Å²) >= 11 is 0. The lowest BCUT2D eigenvalue weighted by atomic mass is 9.69. The summed E-state index contributed by atoms with van der Waals surface area (Å²) in [6.45, 7) is 0.845. The molecule has 1 aromatic carbocycles. The molecule has 5 nitrogen and oxygen atoms in total. The lowest BCUT2D eigenvalue weighted by molar-refractivity contribution is -0.171. The van der Waals surface area contributed by atoms with Crippen molar-refractivity contribution in [3.05, 3.63) is 29.8 Å². The fourth-order valence-corrected chi connectivity index (χ4v) is 4.13. The zero-order valence-corrected chi connectivity index (χ0v) is 13.7. The number of methoxy groups -OCH3 is 2. The van der Waals surface area contributed by atoms with Gasteiger partial charge in [-0.25, -0.2) is 0 Å². The Morgan fingerprint density at radius 3 is 2.48 bits per heavy atom. The number of esters is 2. The van der Waals surface area contributed by atoms with Crippen molar-refractivity contribution in [3.8, 4) is 0 Å². The monoisotopic (exact) mass is 317 g/mol. The number of carbonyl (C=O) groups is 2. The van der Waals surface area contributed by atoms with Crippen LogP contribution in [-0.4, -0.2) is 38.7 Å². The number of hydrogen-bond donors (Lipinski definition) is 0. The largest absolute Gasteiger partial charge is 0.468 e. The number of anilines is 1.